The fourth-order valence-corrected chi connectivity index (χ4v) is 4.80. The second kappa shape index (κ2) is 7.47. The third-order valence-electron chi connectivity index (χ3n) is 4.79. The molecule has 0 unspecified atom stereocenters. The Morgan fingerprint density at radius 1 is 0.929 bits per heavy atom. The molecule has 5 heteroatoms. The highest BCUT2D eigenvalue weighted by molar-refractivity contribution is 7.16. The van der Waals surface area contributed by atoms with Crippen molar-refractivity contribution in [1.29, 1.82) is 0 Å². The minimum atomic E-state index is 0.595. The van der Waals surface area contributed by atoms with Gasteiger partial charge >= 0.3 is 0 Å². The molecule has 0 saturated heterocycles. The van der Waals surface area contributed by atoms with E-state index in [1.165, 1.54) is 15.3 Å². The van der Waals surface area contributed by atoms with Crippen LogP contribution in [0.15, 0.2) is 73.1 Å². The fourth-order valence-electron chi connectivity index (χ4n) is 3.45. The van der Waals surface area contributed by atoms with E-state index in [1.54, 1.807) is 11.3 Å². The zero-order chi connectivity index (χ0) is 18.9. The van der Waals surface area contributed by atoms with Crippen LogP contribution in [0.5, 0.6) is 11.5 Å². The Bertz CT molecular complexity index is 1120. The van der Waals surface area contributed by atoms with Gasteiger partial charge in [0.05, 0.1) is 18.2 Å². The maximum absolute atomic E-state index is 6.46. The Morgan fingerprint density at radius 3 is 2.64 bits per heavy atom. The largest absolute Gasteiger partial charge is 0.454 e. The molecule has 0 spiro atoms. The molecule has 2 aromatic heterocycles. The first-order valence-corrected chi connectivity index (χ1v) is 10.4. The summed E-state index contributed by atoms with van der Waals surface area (Å²) in [7, 11) is 0. The molecular weight excluding hydrogens is 390 g/mol. The van der Waals surface area contributed by atoms with Gasteiger partial charge in [0.2, 0.25) is 0 Å². The number of ether oxygens (including phenoxy) is 2. The van der Waals surface area contributed by atoms with E-state index in [0.29, 0.717) is 18.2 Å². The van der Waals surface area contributed by atoms with Crippen molar-refractivity contribution in [2.24, 2.45) is 0 Å². The summed E-state index contributed by atoms with van der Waals surface area (Å²) < 4.78 is 14.2. The number of para-hydroxylation sites is 2. The van der Waals surface area contributed by atoms with Gasteiger partial charge in [-0.1, -0.05) is 35.9 Å². The van der Waals surface area contributed by atoms with Gasteiger partial charge in [-0.25, -0.2) is 0 Å². The van der Waals surface area contributed by atoms with Crippen molar-refractivity contribution in [1.82, 2.24) is 4.57 Å². The van der Waals surface area contributed by atoms with Crippen LogP contribution < -0.4 is 4.74 Å². The summed E-state index contributed by atoms with van der Waals surface area (Å²) in [6, 6.07) is 20.3. The van der Waals surface area contributed by atoms with E-state index in [0.717, 1.165) is 29.2 Å². The average Bonchev–Trinajstić information content (AvgIpc) is 3.35. The van der Waals surface area contributed by atoms with Crippen molar-refractivity contribution in [3.8, 4) is 33.1 Å². The lowest BCUT2D eigenvalue weighted by molar-refractivity contribution is 0.115. The maximum atomic E-state index is 6.46. The van der Waals surface area contributed by atoms with E-state index < -0.39 is 0 Å². The van der Waals surface area contributed by atoms with Crippen LogP contribution in [0.25, 0.3) is 21.6 Å². The monoisotopic (exact) mass is 407 g/mol. The van der Waals surface area contributed by atoms with Gasteiger partial charge in [-0.15, -0.1) is 11.3 Å². The van der Waals surface area contributed by atoms with E-state index in [2.05, 4.69) is 22.8 Å². The maximum Gasteiger partial charge on any atom is 0.154 e. The molecule has 1 aliphatic heterocycles. The molecule has 4 aromatic rings. The van der Waals surface area contributed by atoms with E-state index in [4.69, 9.17) is 21.1 Å². The number of thiophene rings is 1. The van der Waals surface area contributed by atoms with Gasteiger partial charge in [0, 0.05) is 45.4 Å². The lowest BCUT2D eigenvalue weighted by Crippen LogP contribution is -2.03. The minimum Gasteiger partial charge on any atom is -0.454 e. The van der Waals surface area contributed by atoms with E-state index in [-0.39, 0.29) is 0 Å². The Hall–Kier alpha value is -2.53. The van der Waals surface area contributed by atoms with E-state index >= 15 is 0 Å². The summed E-state index contributed by atoms with van der Waals surface area (Å²) in [5.41, 5.74) is 3.28. The summed E-state index contributed by atoms with van der Waals surface area (Å²) in [5.74, 6) is 1.55. The van der Waals surface area contributed by atoms with Crippen molar-refractivity contribution < 1.29 is 9.47 Å². The number of halogens is 1. The number of benzene rings is 2. The third kappa shape index (κ3) is 3.24. The molecule has 0 aliphatic carbocycles. The van der Waals surface area contributed by atoms with Gasteiger partial charge in [0.1, 0.15) is 5.75 Å². The van der Waals surface area contributed by atoms with Crippen LogP contribution in [0.2, 0.25) is 5.02 Å². The van der Waals surface area contributed by atoms with E-state index in [1.807, 2.05) is 54.9 Å². The number of nitrogens with zero attached hydrogens (tertiary/aromatic N) is 1. The fraction of sp³-hybridized carbons (Fsp3) is 0.130. The van der Waals surface area contributed by atoms with Crippen molar-refractivity contribution in [2.75, 3.05) is 6.61 Å². The number of hydrogen-bond donors (Lipinski definition) is 0. The van der Waals surface area contributed by atoms with Gasteiger partial charge in [0.25, 0.3) is 0 Å². The Morgan fingerprint density at radius 2 is 1.75 bits per heavy atom. The van der Waals surface area contributed by atoms with Crippen molar-refractivity contribution in [3.63, 3.8) is 0 Å². The Kier molecular flexibility index (Phi) is 4.69. The molecule has 28 heavy (non-hydrogen) atoms. The van der Waals surface area contributed by atoms with Gasteiger partial charge in [-0.3, -0.25) is 0 Å². The zero-order valence-electron chi connectivity index (χ0n) is 15.1. The minimum absolute atomic E-state index is 0.595. The normalized spacial score (nSPS) is 11.9. The number of rotatable bonds is 5. The molecule has 2 aromatic carbocycles. The number of hydrogen-bond acceptors (Lipinski definition) is 3. The zero-order valence-corrected chi connectivity index (χ0v) is 16.7. The first kappa shape index (κ1) is 17.6. The molecule has 5 rings (SSSR count). The smallest absolute Gasteiger partial charge is 0.154 e. The van der Waals surface area contributed by atoms with E-state index in [9.17, 15) is 0 Å². The molecule has 3 heterocycles. The number of aromatic nitrogens is 1. The highest BCUT2D eigenvalue weighted by Crippen LogP contribution is 2.51. The molecule has 0 amide bonds. The molecule has 0 N–H and O–H groups in total. The Labute approximate surface area is 172 Å². The van der Waals surface area contributed by atoms with Crippen LogP contribution in [-0.4, -0.2) is 11.2 Å². The SMILES string of the molecule is Clc1cccc2c1Oc1ccccc1-c1cc(COCCn3cccc3)sc1-2. The van der Waals surface area contributed by atoms with Gasteiger partial charge in [-0.05, 0) is 36.4 Å². The lowest BCUT2D eigenvalue weighted by atomic mass is 10.0. The molecule has 0 bridgehead atoms. The lowest BCUT2D eigenvalue weighted by Gasteiger charge is -2.10. The van der Waals surface area contributed by atoms with Crippen molar-refractivity contribution in [3.05, 3.63) is 83.0 Å². The highest BCUT2D eigenvalue weighted by Gasteiger charge is 2.24. The predicted molar refractivity (Wildman–Crippen MR) is 114 cm³/mol. The van der Waals surface area contributed by atoms with Gasteiger partial charge in [0.15, 0.2) is 5.75 Å². The molecule has 3 nitrogen and oxygen atoms in total. The van der Waals surface area contributed by atoms with Crippen molar-refractivity contribution >= 4 is 22.9 Å². The van der Waals surface area contributed by atoms with Crippen LogP contribution in [-0.2, 0) is 17.9 Å². The summed E-state index contributed by atoms with van der Waals surface area (Å²) in [6.07, 6.45) is 4.10. The molecule has 0 atom stereocenters. The second-order valence-electron chi connectivity index (χ2n) is 6.64. The average molecular weight is 408 g/mol. The topological polar surface area (TPSA) is 23.4 Å². The molecular formula is C23H18ClNO2S. The molecule has 0 saturated carbocycles. The summed E-state index contributed by atoms with van der Waals surface area (Å²) in [6.45, 7) is 2.13. The van der Waals surface area contributed by atoms with Crippen LogP contribution in [0.1, 0.15) is 4.88 Å². The number of fused-ring (bicyclic) bond motifs is 5. The van der Waals surface area contributed by atoms with Crippen LogP contribution in [0, 0.1) is 0 Å². The standard InChI is InChI=1S/C23H18ClNO2S/c24-20-8-5-7-18-22(20)27-21-9-2-1-6-17(21)19-14-16(28-23(18)19)15-26-13-12-25-10-3-4-11-25/h1-11,14H,12-13,15H2. The van der Waals surface area contributed by atoms with Crippen LogP contribution in [0.3, 0.4) is 0 Å². The van der Waals surface area contributed by atoms with Crippen molar-refractivity contribution in [2.45, 2.75) is 13.2 Å². The molecule has 1 aliphatic rings. The predicted octanol–water partition coefficient (Wildman–Crippen LogP) is 6.86. The molecule has 0 radical (unpaired) electrons. The quantitative estimate of drug-likeness (QED) is 0.297. The third-order valence-corrected chi connectivity index (χ3v) is 6.23. The first-order valence-electron chi connectivity index (χ1n) is 9.17. The summed E-state index contributed by atoms with van der Waals surface area (Å²) >= 11 is 8.20. The van der Waals surface area contributed by atoms with Gasteiger partial charge < -0.3 is 14.0 Å². The Balaban J connectivity index is 1.46. The summed E-state index contributed by atoms with van der Waals surface area (Å²) in [5, 5.41) is 0.623. The second-order valence-corrected chi connectivity index (χ2v) is 8.19. The van der Waals surface area contributed by atoms with Crippen LogP contribution >= 0.6 is 22.9 Å². The summed E-state index contributed by atoms with van der Waals surface area (Å²) in [4.78, 5) is 2.37. The van der Waals surface area contributed by atoms with Gasteiger partial charge in [-0.2, -0.15) is 0 Å². The molecule has 0 fully saturated rings. The van der Waals surface area contributed by atoms with Crippen LogP contribution in [0.4, 0.5) is 0 Å². The highest BCUT2D eigenvalue weighted by atomic mass is 35.5. The molecule has 140 valence electrons. The first-order chi connectivity index (χ1) is 13.8.